The van der Waals surface area contributed by atoms with Crippen LogP contribution in [0.25, 0.3) is 0 Å². The molecule has 0 aromatic heterocycles. The normalized spacial score (nSPS) is 20.0. The molecule has 4 nitrogen and oxygen atoms in total. The van der Waals surface area contributed by atoms with Gasteiger partial charge in [0.2, 0.25) is 0 Å². The number of aliphatic imine (C=N–C) groups is 1. The third-order valence-electron chi connectivity index (χ3n) is 3.65. The predicted molar refractivity (Wildman–Crippen MR) is 82.2 cm³/mol. The van der Waals surface area contributed by atoms with E-state index in [2.05, 4.69) is 4.99 Å². The van der Waals surface area contributed by atoms with Gasteiger partial charge in [-0.15, -0.1) is 0 Å². The molecule has 1 aliphatic heterocycles. The van der Waals surface area contributed by atoms with Crippen molar-refractivity contribution in [3.63, 3.8) is 0 Å². The molecule has 0 saturated carbocycles. The van der Waals surface area contributed by atoms with Gasteiger partial charge in [0, 0.05) is 16.1 Å². The highest BCUT2D eigenvalue weighted by Crippen LogP contribution is 2.42. The number of halogens is 1. The summed E-state index contributed by atoms with van der Waals surface area (Å²) in [6.45, 7) is 1.47. The summed E-state index contributed by atoms with van der Waals surface area (Å²) >= 11 is 6.01. The Kier molecular flexibility index (Phi) is 3.08. The van der Waals surface area contributed by atoms with Crippen molar-refractivity contribution in [2.45, 2.75) is 12.5 Å². The minimum Gasteiger partial charge on any atom is -0.384 e. The van der Waals surface area contributed by atoms with E-state index in [0.29, 0.717) is 27.4 Å². The molecule has 0 fully saturated rings. The van der Waals surface area contributed by atoms with Gasteiger partial charge in [-0.2, -0.15) is 0 Å². The Balaban J connectivity index is 2.22. The summed E-state index contributed by atoms with van der Waals surface area (Å²) in [4.78, 5) is 15.7. The molecular formula is C16H13ClN2O2. The average Bonchev–Trinajstić information content (AvgIpc) is 2.72. The van der Waals surface area contributed by atoms with E-state index in [-0.39, 0.29) is 11.6 Å². The number of aliphatic hydroxyl groups is 1. The zero-order valence-corrected chi connectivity index (χ0v) is 12.1. The van der Waals surface area contributed by atoms with Crippen molar-refractivity contribution < 1.29 is 9.90 Å². The molecule has 1 unspecified atom stereocenters. The van der Waals surface area contributed by atoms with Crippen LogP contribution < -0.4 is 5.73 Å². The lowest BCUT2D eigenvalue weighted by Gasteiger charge is -2.25. The topological polar surface area (TPSA) is 75.7 Å². The maximum Gasteiger partial charge on any atom is 0.174 e. The zero-order chi connectivity index (χ0) is 15.2. The number of fused-ring (bicyclic) bond motifs is 1. The molecule has 0 spiro atoms. The standard InChI is InChI=1S/C16H13ClN2O2/c1-9(20)10-3-2-4-11(7-10)16(21)13-8-12(17)5-6-14(13)19-15(16)18/h2-8,21H,1H3,(H2,18,19). The third kappa shape index (κ3) is 2.04. The number of Topliss-reactive ketones (excluding diaryl/α,β-unsaturated/α-hetero) is 1. The lowest BCUT2D eigenvalue weighted by Crippen LogP contribution is -2.39. The molecule has 1 atom stereocenters. The lowest BCUT2D eigenvalue weighted by atomic mass is 9.85. The zero-order valence-electron chi connectivity index (χ0n) is 11.3. The van der Waals surface area contributed by atoms with Crippen LogP contribution in [0.1, 0.15) is 28.4 Å². The summed E-state index contributed by atoms with van der Waals surface area (Å²) in [5.41, 5.74) is 6.48. The second-order valence-electron chi connectivity index (χ2n) is 5.01. The van der Waals surface area contributed by atoms with Crippen molar-refractivity contribution in [1.82, 2.24) is 0 Å². The molecule has 0 saturated heterocycles. The van der Waals surface area contributed by atoms with E-state index in [0.717, 1.165) is 0 Å². The van der Waals surface area contributed by atoms with E-state index >= 15 is 0 Å². The fourth-order valence-electron chi connectivity index (χ4n) is 2.51. The molecular weight excluding hydrogens is 288 g/mol. The van der Waals surface area contributed by atoms with Gasteiger partial charge in [-0.05, 0) is 36.8 Å². The van der Waals surface area contributed by atoms with E-state index < -0.39 is 5.60 Å². The fourth-order valence-corrected chi connectivity index (χ4v) is 2.68. The molecule has 0 aliphatic carbocycles. The predicted octanol–water partition coefficient (Wildman–Crippen LogP) is 2.78. The van der Waals surface area contributed by atoms with Crippen LogP contribution in [0.3, 0.4) is 0 Å². The number of nitrogens with zero attached hydrogens (tertiary/aromatic N) is 1. The van der Waals surface area contributed by atoms with Gasteiger partial charge in [0.05, 0.1) is 5.69 Å². The molecule has 1 aliphatic rings. The van der Waals surface area contributed by atoms with Gasteiger partial charge in [-0.3, -0.25) is 4.79 Å². The molecule has 3 rings (SSSR count). The molecule has 3 N–H and O–H groups in total. The first kappa shape index (κ1) is 13.8. The highest BCUT2D eigenvalue weighted by molar-refractivity contribution is 6.30. The van der Waals surface area contributed by atoms with Gasteiger partial charge in [0.25, 0.3) is 0 Å². The molecule has 1 heterocycles. The molecule has 2 aromatic rings. The maximum absolute atomic E-state index is 11.5. The summed E-state index contributed by atoms with van der Waals surface area (Å²) in [5, 5.41) is 11.6. The Morgan fingerprint density at radius 2 is 2.05 bits per heavy atom. The van der Waals surface area contributed by atoms with Crippen molar-refractivity contribution >= 4 is 28.9 Å². The molecule has 106 valence electrons. The van der Waals surface area contributed by atoms with Gasteiger partial charge >= 0.3 is 0 Å². The average molecular weight is 301 g/mol. The van der Waals surface area contributed by atoms with E-state index in [1.54, 1.807) is 42.5 Å². The van der Waals surface area contributed by atoms with E-state index in [1.807, 2.05) is 0 Å². The monoisotopic (exact) mass is 300 g/mol. The first-order chi connectivity index (χ1) is 9.92. The number of nitrogens with two attached hydrogens (primary N) is 1. The second kappa shape index (κ2) is 4.69. The first-order valence-electron chi connectivity index (χ1n) is 6.41. The second-order valence-corrected chi connectivity index (χ2v) is 5.44. The van der Waals surface area contributed by atoms with Crippen molar-refractivity contribution in [1.29, 1.82) is 0 Å². The first-order valence-corrected chi connectivity index (χ1v) is 6.79. The minimum absolute atomic E-state index is 0.0699. The van der Waals surface area contributed by atoms with Crippen LogP contribution in [-0.2, 0) is 5.60 Å². The molecule has 5 heteroatoms. The van der Waals surface area contributed by atoms with Crippen LogP contribution in [0.2, 0.25) is 5.02 Å². The van der Waals surface area contributed by atoms with Gasteiger partial charge in [-0.25, -0.2) is 4.99 Å². The number of carbonyl (C=O) groups excluding carboxylic acids is 1. The maximum atomic E-state index is 11.5. The Labute approximate surface area is 126 Å². The minimum atomic E-state index is -1.56. The number of carbonyl (C=O) groups is 1. The number of benzene rings is 2. The molecule has 0 bridgehead atoms. The van der Waals surface area contributed by atoms with Crippen molar-refractivity contribution in [3.8, 4) is 0 Å². The van der Waals surface area contributed by atoms with Crippen LogP contribution in [0, 0.1) is 0 Å². The highest BCUT2D eigenvalue weighted by Gasteiger charge is 2.42. The van der Waals surface area contributed by atoms with Gasteiger partial charge in [0.1, 0.15) is 5.84 Å². The van der Waals surface area contributed by atoms with E-state index in [9.17, 15) is 9.90 Å². The number of hydrogen-bond donors (Lipinski definition) is 2. The van der Waals surface area contributed by atoms with Crippen LogP contribution in [0.15, 0.2) is 47.5 Å². The fraction of sp³-hybridized carbons (Fsp3) is 0.125. The lowest BCUT2D eigenvalue weighted by molar-refractivity contribution is 0.101. The Morgan fingerprint density at radius 1 is 1.29 bits per heavy atom. The summed E-state index contributed by atoms with van der Waals surface area (Å²) in [5.74, 6) is -0.0132. The highest BCUT2D eigenvalue weighted by atomic mass is 35.5. The number of amidine groups is 1. The third-order valence-corrected chi connectivity index (χ3v) is 3.88. The number of rotatable bonds is 2. The molecule has 2 aromatic carbocycles. The number of hydrogen-bond acceptors (Lipinski definition) is 4. The summed E-state index contributed by atoms with van der Waals surface area (Å²) in [7, 11) is 0. The number of ketones is 1. The Hall–Kier alpha value is -2.17. The summed E-state index contributed by atoms with van der Waals surface area (Å²) < 4.78 is 0. The van der Waals surface area contributed by atoms with Crippen LogP contribution >= 0.6 is 11.6 Å². The molecule has 21 heavy (non-hydrogen) atoms. The summed E-state index contributed by atoms with van der Waals surface area (Å²) in [6, 6.07) is 11.8. The van der Waals surface area contributed by atoms with Crippen LogP contribution in [0.5, 0.6) is 0 Å². The smallest absolute Gasteiger partial charge is 0.174 e. The van der Waals surface area contributed by atoms with Crippen LogP contribution in [-0.4, -0.2) is 16.7 Å². The van der Waals surface area contributed by atoms with Crippen molar-refractivity contribution in [3.05, 3.63) is 64.2 Å². The van der Waals surface area contributed by atoms with Gasteiger partial charge in [0.15, 0.2) is 11.4 Å². The van der Waals surface area contributed by atoms with Crippen molar-refractivity contribution in [2.24, 2.45) is 10.7 Å². The van der Waals surface area contributed by atoms with E-state index in [4.69, 9.17) is 17.3 Å². The van der Waals surface area contributed by atoms with Crippen molar-refractivity contribution in [2.75, 3.05) is 0 Å². The van der Waals surface area contributed by atoms with Gasteiger partial charge < -0.3 is 10.8 Å². The van der Waals surface area contributed by atoms with Gasteiger partial charge in [-0.1, -0.05) is 29.8 Å². The Morgan fingerprint density at radius 3 is 2.76 bits per heavy atom. The Bertz CT molecular complexity index is 786. The van der Waals surface area contributed by atoms with E-state index in [1.165, 1.54) is 6.92 Å². The SMILES string of the molecule is CC(=O)c1cccc(C2(O)C(N)=Nc3ccc(Cl)cc32)c1. The van der Waals surface area contributed by atoms with Crippen LogP contribution in [0.4, 0.5) is 5.69 Å². The largest absolute Gasteiger partial charge is 0.384 e. The summed E-state index contributed by atoms with van der Waals surface area (Å²) in [6.07, 6.45) is 0. The molecule has 0 amide bonds. The quantitative estimate of drug-likeness (QED) is 0.837. The molecule has 0 radical (unpaired) electrons.